The van der Waals surface area contributed by atoms with Crippen molar-refractivity contribution >= 4 is 24.0 Å². The Hall–Kier alpha value is -3.15. The molecule has 0 radical (unpaired) electrons. The highest BCUT2D eigenvalue weighted by atomic mass is 16.6. The topological polar surface area (TPSA) is 66.9 Å². The molecule has 2 aromatic rings. The van der Waals surface area contributed by atoms with Gasteiger partial charge in [0.05, 0.1) is 11.7 Å². The molecule has 0 bridgehead atoms. The molecule has 0 saturated carbocycles. The first-order valence-electron chi connectivity index (χ1n) is 9.52. The van der Waals surface area contributed by atoms with Gasteiger partial charge in [0.1, 0.15) is 18.9 Å². The Morgan fingerprint density at radius 1 is 1.07 bits per heavy atom. The Morgan fingerprint density at radius 3 is 2.61 bits per heavy atom. The third-order valence-electron chi connectivity index (χ3n) is 5.40. The molecular weight excluding hydrogens is 356 g/mol. The van der Waals surface area contributed by atoms with E-state index in [1.54, 1.807) is 4.90 Å². The van der Waals surface area contributed by atoms with E-state index in [-0.39, 0.29) is 12.5 Å². The molecule has 2 aliphatic heterocycles. The monoisotopic (exact) mass is 378 g/mol. The van der Waals surface area contributed by atoms with Crippen LogP contribution in [0, 0.1) is 0 Å². The molecule has 2 heterocycles. The molecule has 28 heavy (non-hydrogen) atoms. The van der Waals surface area contributed by atoms with Crippen molar-refractivity contribution in [1.82, 2.24) is 4.90 Å². The number of likely N-dealkylation sites (tertiary alicyclic amines) is 1. The zero-order valence-corrected chi connectivity index (χ0v) is 15.5. The molecule has 0 aliphatic carbocycles. The predicted molar refractivity (Wildman–Crippen MR) is 104 cm³/mol. The van der Waals surface area contributed by atoms with Crippen molar-refractivity contribution in [3.63, 3.8) is 0 Å². The van der Waals surface area contributed by atoms with E-state index in [2.05, 4.69) is 0 Å². The molecule has 0 aromatic heterocycles. The van der Waals surface area contributed by atoms with E-state index in [9.17, 15) is 14.4 Å². The molecule has 6 nitrogen and oxygen atoms in total. The second-order valence-electron chi connectivity index (χ2n) is 7.14. The number of hydrogen-bond acceptors (Lipinski definition) is 4. The number of rotatable bonds is 4. The lowest BCUT2D eigenvalue weighted by molar-refractivity contribution is -0.135. The third-order valence-corrected chi connectivity index (χ3v) is 5.40. The quantitative estimate of drug-likeness (QED) is 0.767. The average molecular weight is 378 g/mol. The first-order chi connectivity index (χ1) is 13.7. The lowest BCUT2D eigenvalue weighted by Gasteiger charge is -2.29. The van der Waals surface area contributed by atoms with Gasteiger partial charge in [-0.15, -0.1) is 0 Å². The van der Waals surface area contributed by atoms with Crippen molar-refractivity contribution in [1.29, 1.82) is 0 Å². The van der Waals surface area contributed by atoms with Crippen LogP contribution in [0.15, 0.2) is 54.6 Å². The van der Waals surface area contributed by atoms with Gasteiger partial charge in [-0.2, -0.15) is 0 Å². The van der Waals surface area contributed by atoms with Gasteiger partial charge in [0.25, 0.3) is 0 Å². The van der Waals surface area contributed by atoms with Crippen LogP contribution in [0.2, 0.25) is 0 Å². The second kappa shape index (κ2) is 7.84. The van der Waals surface area contributed by atoms with Crippen molar-refractivity contribution in [3.05, 3.63) is 65.7 Å². The number of carbonyl (C=O) groups is 3. The van der Waals surface area contributed by atoms with Gasteiger partial charge in [0.15, 0.2) is 0 Å². The molecule has 0 N–H and O–H groups in total. The lowest BCUT2D eigenvalue weighted by atomic mass is 10.1. The Balaban J connectivity index is 1.56. The molecule has 6 heteroatoms. The molecule has 2 aliphatic rings. The van der Waals surface area contributed by atoms with E-state index in [1.807, 2.05) is 54.6 Å². The molecule has 1 saturated heterocycles. The summed E-state index contributed by atoms with van der Waals surface area (Å²) in [7, 11) is 0. The molecule has 0 spiro atoms. The number of nitrogens with zero attached hydrogens (tertiary/aromatic N) is 2. The summed E-state index contributed by atoms with van der Waals surface area (Å²) in [5, 5.41) is 0. The van der Waals surface area contributed by atoms with Crippen molar-refractivity contribution in [3.8, 4) is 0 Å². The summed E-state index contributed by atoms with van der Waals surface area (Å²) in [5.41, 5.74) is 2.51. The zero-order chi connectivity index (χ0) is 19.5. The first kappa shape index (κ1) is 18.2. The Morgan fingerprint density at radius 2 is 1.82 bits per heavy atom. The van der Waals surface area contributed by atoms with Crippen LogP contribution >= 0.6 is 0 Å². The minimum Gasteiger partial charge on any atom is -0.444 e. The number of fused-ring (bicyclic) bond motifs is 1. The van der Waals surface area contributed by atoms with E-state index in [0.29, 0.717) is 25.1 Å². The third kappa shape index (κ3) is 3.38. The second-order valence-corrected chi connectivity index (χ2v) is 7.14. The lowest BCUT2D eigenvalue weighted by Crippen LogP contribution is -2.51. The fourth-order valence-corrected chi connectivity index (χ4v) is 4.00. The van der Waals surface area contributed by atoms with E-state index in [4.69, 9.17) is 4.74 Å². The predicted octanol–water partition coefficient (Wildman–Crippen LogP) is 2.94. The normalized spacial score (nSPS) is 20.7. The van der Waals surface area contributed by atoms with Crippen molar-refractivity contribution in [2.45, 2.75) is 38.0 Å². The molecule has 2 atom stereocenters. The maximum absolute atomic E-state index is 13.2. The van der Waals surface area contributed by atoms with Crippen LogP contribution in [0.1, 0.15) is 24.0 Å². The number of anilines is 1. The van der Waals surface area contributed by atoms with Crippen LogP contribution in [0.4, 0.5) is 10.5 Å². The summed E-state index contributed by atoms with van der Waals surface area (Å²) in [6, 6.07) is 15.8. The van der Waals surface area contributed by atoms with Gasteiger partial charge in [-0.05, 0) is 30.0 Å². The van der Waals surface area contributed by atoms with Crippen LogP contribution in [-0.4, -0.2) is 41.8 Å². The highest BCUT2D eigenvalue weighted by Crippen LogP contribution is 2.34. The van der Waals surface area contributed by atoms with E-state index in [1.165, 1.54) is 4.90 Å². The fourth-order valence-electron chi connectivity index (χ4n) is 4.00. The van der Waals surface area contributed by atoms with Crippen molar-refractivity contribution in [2.24, 2.45) is 0 Å². The van der Waals surface area contributed by atoms with Gasteiger partial charge >= 0.3 is 6.09 Å². The summed E-state index contributed by atoms with van der Waals surface area (Å²) in [6.07, 6.45) is 2.18. The van der Waals surface area contributed by atoms with Crippen molar-refractivity contribution in [2.75, 3.05) is 11.4 Å². The number of aldehydes is 1. The van der Waals surface area contributed by atoms with Gasteiger partial charge in [0.2, 0.25) is 5.91 Å². The van der Waals surface area contributed by atoms with E-state index >= 15 is 0 Å². The molecule has 2 amide bonds. The minimum atomic E-state index is -0.679. The maximum atomic E-state index is 13.2. The van der Waals surface area contributed by atoms with Crippen LogP contribution in [-0.2, 0) is 27.4 Å². The summed E-state index contributed by atoms with van der Waals surface area (Å²) in [6.45, 7) is 0.682. The highest BCUT2D eigenvalue weighted by Gasteiger charge is 2.43. The van der Waals surface area contributed by atoms with Crippen LogP contribution < -0.4 is 4.90 Å². The number of benzene rings is 2. The number of para-hydroxylation sites is 1. The SMILES string of the molecule is O=C[C@@H]1CCCN1C(=O)[C@H]1Cc2ccccc2N1C(=O)OCc1ccccc1. The minimum absolute atomic E-state index is 0.139. The van der Waals surface area contributed by atoms with Crippen LogP contribution in [0.3, 0.4) is 0 Å². The molecule has 144 valence electrons. The summed E-state index contributed by atoms with van der Waals surface area (Å²) >= 11 is 0. The summed E-state index contributed by atoms with van der Waals surface area (Å²) in [4.78, 5) is 40.5. The molecular formula is C22H22N2O4. The number of carbonyl (C=O) groups excluding carboxylic acids is 3. The zero-order valence-electron chi connectivity index (χ0n) is 15.5. The van der Waals surface area contributed by atoms with Crippen LogP contribution in [0.25, 0.3) is 0 Å². The number of ether oxygens (including phenoxy) is 1. The van der Waals surface area contributed by atoms with Gasteiger partial charge in [-0.3, -0.25) is 9.69 Å². The Labute approximate surface area is 163 Å². The number of amides is 2. The average Bonchev–Trinajstić information content (AvgIpc) is 3.36. The summed E-state index contributed by atoms with van der Waals surface area (Å²) in [5.74, 6) is -0.192. The van der Waals surface area contributed by atoms with Gasteiger partial charge in [-0.25, -0.2) is 4.79 Å². The highest BCUT2D eigenvalue weighted by molar-refractivity contribution is 6.01. The number of hydrogen-bond donors (Lipinski definition) is 0. The van der Waals surface area contributed by atoms with E-state index < -0.39 is 18.2 Å². The van der Waals surface area contributed by atoms with E-state index in [0.717, 1.165) is 23.8 Å². The largest absolute Gasteiger partial charge is 0.444 e. The first-order valence-corrected chi connectivity index (χ1v) is 9.52. The molecule has 0 unspecified atom stereocenters. The Bertz CT molecular complexity index is 883. The van der Waals surface area contributed by atoms with Gasteiger partial charge < -0.3 is 14.4 Å². The molecule has 4 rings (SSSR count). The smallest absolute Gasteiger partial charge is 0.415 e. The molecule has 2 aromatic carbocycles. The van der Waals surface area contributed by atoms with Gasteiger partial charge in [0, 0.05) is 13.0 Å². The Kier molecular flexibility index (Phi) is 5.10. The molecule has 1 fully saturated rings. The van der Waals surface area contributed by atoms with Crippen molar-refractivity contribution < 1.29 is 19.1 Å². The standard InChI is InChI=1S/C22H22N2O4/c25-14-18-10-6-12-23(18)21(26)20-13-17-9-4-5-11-19(17)24(20)22(27)28-15-16-7-2-1-3-8-16/h1-5,7-9,11,14,18,20H,6,10,12-13,15H2/t18-,20+/m0/s1. The maximum Gasteiger partial charge on any atom is 0.415 e. The fraction of sp³-hybridized carbons (Fsp3) is 0.318. The van der Waals surface area contributed by atoms with Gasteiger partial charge in [-0.1, -0.05) is 48.5 Å². The van der Waals surface area contributed by atoms with Crippen LogP contribution in [0.5, 0.6) is 0 Å². The summed E-state index contributed by atoms with van der Waals surface area (Å²) < 4.78 is 5.51.